The molecule has 0 bridgehead atoms. The molecule has 7 nitrogen and oxygen atoms in total. The summed E-state index contributed by atoms with van der Waals surface area (Å²) in [4.78, 5) is 38.4. The normalized spacial score (nSPS) is 19.4. The van der Waals surface area contributed by atoms with Crippen molar-refractivity contribution in [1.29, 1.82) is 0 Å². The molecule has 0 unspecified atom stereocenters. The van der Waals surface area contributed by atoms with Gasteiger partial charge in [0.15, 0.2) is 0 Å². The lowest BCUT2D eigenvalue weighted by atomic mass is 9.85. The summed E-state index contributed by atoms with van der Waals surface area (Å²) in [5.74, 6) is -1.19. The Labute approximate surface area is 147 Å². The Kier molecular flexibility index (Phi) is 4.76. The van der Waals surface area contributed by atoms with Gasteiger partial charge < -0.3 is 20.9 Å². The lowest BCUT2D eigenvalue weighted by Gasteiger charge is -2.43. The number of hydrogen-bond donors (Lipinski definition) is 3. The zero-order chi connectivity index (χ0) is 18.0. The molecule has 0 atom stereocenters. The number of rotatable bonds is 1. The summed E-state index contributed by atoms with van der Waals surface area (Å²) >= 11 is 0. The molecule has 134 valence electrons. The topological polar surface area (TPSA) is 90.5 Å². The van der Waals surface area contributed by atoms with Gasteiger partial charge in [0.2, 0.25) is 5.91 Å². The van der Waals surface area contributed by atoms with E-state index in [4.69, 9.17) is 0 Å². The highest BCUT2D eigenvalue weighted by Gasteiger charge is 2.43. The van der Waals surface area contributed by atoms with Crippen LogP contribution >= 0.6 is 0 Å². The Morgan fingerprint density at radius 1 is 1.16 bits per heavy atom. The van der Waals surface area contributed by atoms with Gasteiger partial charge in [0.25, 0.3) is 0 Å². The molecular formula is C18H24N4O3. The van der Waals surface area contributed by atoms with Crippen molar-refractivity contribution < 1.29 is 14.4 Å². The van der Waals surface area contributed by atoms with Crippen LogP contribution in [0, 0.1) is 13.8 Å². The number of carbonyl (C=O) groups is 3. The highest BCUT2D eigenvalue weighted by molar-refractivity contribution is 6.39. The molecule has 1 aromatic carbocycles. The van der Waals surface area contributed by atoms with Crippen molar-refractivity contribution in [2.24, 2.45) is 0 Å². The van der Waals surface area contributed by atoms with E-state index in [1.165, 1.54) is 4.90 Å². The lowest BCUT2D eigenvalue weighted by Crippen LogP contribution is -2.67. The van der Waals surface area contributed by atoms with Gasteiger partial charge >= 0.3 is 11.8 Å². The number of amides is 3. The maximum atomic E-state index is 12.4. The standard InChI is InChI=1S/C18H24N4O3/c1-12-3-4-14(13(2)11-12)21-15(23)16(24)22-9-5-18(6-10-22)17(25)19-7-8-20-18/h3-4,11,20H,5-10H2,1-2H3,(H,19,25)(H,21,23). The fraction of sp³-hybridized carbons (Fsp3) is 0.500. The van der Waals surface area contributed by atoms with E-state index in [2.05, 4.69) is 16.0 Å². The Balaban J connectivity index is 1.60. The second-order valence-electron chi connectivity index (χ2n) is 6.83. The first kappa shape index (κ1) is 17.4. The highest BCUT2D eigenvalue weighted by Crippen LogP contribution is 2.24. The molecule has 7 heteroatoms. The Bertz CT molecular complexity index is 708. The minimum absolute atomic E-state index is 0.00872. The van der Waals surface area contributed by atoms with E-state index in [1.54, 1.807) is 6.07 Å². The van der Waals surface area contributed by atoms with Gasteiger partial charge in [0.05, 0.1) is 0 Å². The SMILES string of the molecule is Cc1ccc(NC(=O)C(=O)N2CCC3(CC2)NCCNC3=O)c(C)c1. The smallest absolute Gasteiger partial charge is 0.313 e. The van der Waals surface area contributed by atoms with E-state index >= 15 is 0 Å². The molecule has 3 amide bonds. The third-order valence-corrected chi connectivity index (χ3v) is 5.04. The van der Waals surface area contributed by atoms with E-state index in [9.17, 15) is 14.4 Å². The molecule has 3 N–H and O–H groups in total. The van der Waals surface area contributed by atoms with Gasteiger partial charge in [0, 0.05) is 31.9 Å². The molecule has 0 saturated carbocycles. The molecule has 0 aromatic heterocycles. The molecule has 1 spiro atoms. The van der Waals surface area contributed by atoms with Gasteiger partial charge in [-0.25, -0.2) is 0 Å². The van der Waals surface area contributed by atoms with E-state index in [1.807, 2.05) is 26.0 Å². The van der Waals surface area contributed by atoms with Gasteiger partial charge in [-0.1, -0.05) is 17.7 Å². The second-order valence-corrected chi connectivity index (χ2v) is 6.83. The molecular weight excluding hydrogens is 320 g/mol. The van der Waals surface area contributed by atoms with Crippen LogP contribution in [-0.2, 0) is 14.4 Å². The maximum absolute atomic E-state index is 12.4. The Morgan fingerprint density at radius 2 is 1.88 bits per heavy atom. The summed E-state index contributed by atoms with van der Waals surface area (Å²) in [6.45, 7) is 6.00. The summed E-state index contributed by atoms with van der Waals surface area (Å²) in [5.41, 5.74) is 2.06. The minimum Gasteiger partial charge on any atom is -0.353 e. The van der Waals surface area contributed by atoms with Crippen molar-refractivity contribution in [3.8, 4) is 0 Å². The quantitative estimate of drug-likeness (QED) is 0.640. The number of likely N-dealkylation sites (tertiary alicyclic amines) is 1. The van der Waals surface area contributed by atoms with Crippen molar-refractivity contribution in [3.05, 3.63) is 29.3 Å². The number of carbonyl (C=O) groups excluding carboxylic acids is 3. The maximum Gasteiger partial charge on any atom is 0.313 e. The van der Waals surface area contributed by atoms with Crippen molar-refractivity contribution in [1.82, 2.24) is 15.5 Å². The second kappa shape index (κ2) is 6.84. The molecule has 25 heavy (non-hydrogen) atoms. The molecule has 3 rings (SSSR count). The van der Waals surface area contributed by atoms with E-state index in [0.717, 1.165) is 17.7 Å². The van der Waals surface area contributed by atoms with Crippen LogP contribution in [-0.4, -0.2) is 54.3 Å². The zero-order valence-electron chi connectivity index (χ0n) is 14.6. The lowest BCUT2D eigenvalue weighted by molar-refractivity contribution is -0.145. The molecule has 2 aliphatic rings. The van der Waals surface area contributed by atoms with Crippen LogP contribution in [0.1, 0.15) is 24.0 Å². The number of piperazine rings is 1. The van der Waals surface area contributed by atoms with Gasteiger partial charge in [-0.15, -0.1) is 0 Å². The summed E-state index contributed by atoms with van der Waals surface area (Å²) in [5, 5.41) is 8.83. The van der Waals surface area contributed by atoms with Gasteiger partial charge in [-0.05, 0) is 38.3 Å². The van der Waals surface area contributed by atoms with Crippen LogP contribution in [0.2, 0.25) is 0 Å². The number of piperidine rings is 1. The number of benzene rings is 1. The van der Waals surface area contributed by atoms with E-state index < -0.39 is 17.4 Å². The van der Waals surface area contributed by atoms with Crippen LogP contribution in [0.5, 0.6) is 0 Å². The van der Waals surface area contributed by atoms with Gasteiger partial charge in [-0.2, -0.15) is 0 Å². The average molecular weight is 344 g/mol. The van der Waals surface area contributed by atoms with Gasteiger partial charge in [0.1, 0.15) is 5.54 Å². The monoisotopic (exact) mass is 344 g/mol. The van der Waals surface area contributed by atoms with Crippen LogP contribution in [0.4, 0.5) is 5.69 Å². The summed E-state index contributed by atoms with van der Waals surface area (Å²) in [6.07, 6.45) is 1.03. The van der Waals surface area contributed by atoms with E-state index in [0.29, 0.717) is 38.2 Å². The molecule has 0 aliphatic carbocycles. The molecule has 2 saturated heterocycles. The Morgan fingerprint density at radius 3 is 2.52 bits per heavy atom. The Hall–Kier alpha value is -2.41. The molecule has 0 radical (unpaired) electrons. The number of anilines is 1. The fourth-order valence-corrected chi connectivity index (χ4v) is 3.50. The number of nitrogens with zero attached hydrogens (tertiary/aromatic N) is 1. The highest BCUT2D eigenvalue weighted by atomic mass is 16.2. The first-order valence-electron chi connectivity index (χ1n) is 8.62. The summed E-state index contributed by atoms with van der Waals surface area (Å²) < 4.78 is 0. The van der Waals surface area contributed by atoms with Crippen LogP contribution in [0.25, 0.3) is 0 Å². The average Bonchev–Trinajstić information content (AvgIpc) is 2.60. The number of hydrogen-bond acceptors (Lipinski definition) is 4. The number of nitrogens with one attached hydrogen (secondary N) is 3. The van der Waals surface area contributed by atoms with E-state index in [-0.39, 0.29) is 5.91 Å². The molecule has 2 heterocycles. The predicted octanol–water partition coefficient (Wildman–Crippen LogP) is 0.323. The van der Waals surface area contributed by atoms with Gasteiger partial charge in [-0.3, -0.25) is 14.4 Å². The third-order valence-electron chi connectivity index (χ3n) is 5.04. The van der Waals surface area contributed by atoms with Crippen molar-refractivity contribution in [2.45, 2.75) is 32.2 Å². The van der Waals surface area contributed by atoms with Crippen molar-refractivity contribution in [2.75, 3.05) is 31.5 Å². The molecule has 2 fully saturated rings. The van der Waals surface area contributed by atoms with Crippen molar-refractivity contribution >= 4 is 23.4 Å². The van der Waals surface area contributed by atoms with Crippen LogP contribution in [0.15, 0.2) is 18.2 Å². The molecule has 1 aromatic rings. The van der Waals surface area contributed by atoms with Crippen LogP contribution in [0.3, 0.4) is 0 Å². The fourth-order valence-electron chi connectivity index (χ4n) is 3.50. The van der Waals surface area contributed by atoms with Crippen LogP contribution < -0.4 is 16.0 Å². The minimum atomic E-state index is -0.635. The third kappa shape index (κ3) is 3.51. The zero-order valence-corrected chi connectivity index (χ0v) is 14.6. The summed E-state index contributed by atoms with van der Waals surface area (Å²) in [7, 11) is 0. The molecule has 2 aliphatic heterocycles. The first-order valence-corrected chi connectivity index (χ1v) is 8.62. The van der Waals surface area contributed by atoms with Crippen molar-refractivity contribution in [3.63, 3.8) is 0 Å². The number of aryl methyl sites for hydroxylation is 2. The largest absolute Gasteiger partial charge is 0.353 e. The predicted molar refractivity (Wildman–Crippen MR) is 94.1 cm³/mol. The first-order chi connectivity index (χ1) is 11.9. The summed E-state index contributed by atoms with van der Waals surface area (Å²) in [6, 6.07) is 5.65.